The van der Waals surface area contributed by atoms with Crippen molar-refractivity contribution < 1.29 is 19.1 Å². The zero-order valence-corrected chi connectivity index (χ0v) is 11.3. The molecule has 2 unspecified atom stereocenters. The van der Waals surface area contributed by atoms with Crippen molar-refractivity contribution in [3.8, 4) is 0 Å². The average Bonchev–Trinajstić information content (AvgIpc) is 3.24. The largest absolute Gasteiger partial charge is 0.481 e. The molecule has 0 spiro atoms. The first-order chi connectivity index (χ1) is 9.49. The molecule has 5 heteroatoms. The van der Waals surface area contributed by atoms with Crippen molar-refractivity contribution in [2.24, 2.45) is 11.8 Å². The van der Waals surface area contributed by atoms with E-state index in [2.05, 4.69) is 5.32 Å². The van der Waals surface area contributed by atoms with Crippen molar-refractivity contribution in [3.05, 3.63) is 35.6 Å². The fourth-order valence-corrected chi connectivity index (χ4v) is 2.22. The van der Waals surface area contributed by atoms with E-state index in [9.17, 15) is 19.1 Å². The Bertz CT molecular complexity index is 496. The monoisotopic (exact) mass is 279 g/mol. The Labute approximate surface area is 117 Å². The number of benzene rings is 1. The van der Waals surface area contributed by atoms with E-state index < -0.39 is 17.7 Å². The predicted molar refractivity (Wildman–Crippen MR) is 71.7 cm³/mol. The molecule has 1 amide bonds. The summed E-state index contributed by atoms with van der Waals surface area (Å²) in [7, 11) is 0. The molecule has 1 aromatic rings. The topological polar surface area (TPSA) is 66.4 Å². The van der Waals surface area contributed by atoms with Crippen LogP contribution >= 0.6 is 0 Å². The van der Waals surface area contributed by atoms with Gasteiger partial charge < -0.3 is 10.4 Å². The van der Waals surface area contributed by atoms with Gasteiger partial charge in [-0.1, -0.05) is 19.1 Å². The van der Waals surface area contributed by atoms with Crippen LogP contribution in [0.1, 0.15) is 31.2 Å². The van der Waals surface area contributed by atoms with Crippen LogP contribution in [0.15, 0.2) is 24.3 Å². The highest BCUT2D eigenvalue weighted by molar-refractivity contribution is 5.81. The number of aliphatic carboxylic acids is 1. The van der Waals surface area contributed by atoms with Crippen LogP contribution in [0.3, 0.4) is 0 Å². The van der Waals surface area contributed by atoms with E-state index >= 15 is 0 Å². The summed E-state index contributed by atoms with van der Waals surface area (Å²) in [6.45, 7) is 1.89. The second kappa shape index (κ2) is 6.03. The van der Waals surface area contributed by atoms with Crippen LogP contribution in [0, 0.1) is 17.7 Å². The van der Waals surface area contributed by atoms with E-state index in [0.29, 0.717) is 11.5 Å². The quantitative estimate of drug-likeness (QED) is 0.838. The van der Waals surface area contributed by atoms with E-state index in [1.807, 2.05) is 6.92 Å². The van der Waals surface area contributed by atoms with Crippen molar-refractivity contribution in [1.82, 2.24) is 5.32 Å². The van der Waals surface area contributed by atoms with Gasteiger partial charge in [0, 0.05) is 12.5 Å². The maximum absolute atomic E-state index is 12.8. The molecule has 108 valence electrons. The van der Waals surface area contributed by atoms with Crippen molar-refractivity contribution in [2.45, 2.75) is 25.7 Å². The van der Waals surface area contributed by atoms with E-state index in [-0.39, 0.29) is 18.4 Å². The molecule has 0 saturated heterocycles. The van der Waals surface area contributed by atoms with Gasteiger partial charge in [0.2, 0.25) is 5.91 Å². The number of carboxylic acid groups (broad SMARTS) is 1. The summed E-state index contributed by atoms with van der Waals surface area (Å²) in [6, 6.07) is 5.31. The van der Waals surface area contributed by atoms with Crippen LogP contribution in [-0.4, -0.2) is 23.5 Å². The molecule has 0 radical (unpaired) electrons. The fourth-order valence-electron chi connectivity index (χ4n) is 2.22. The standard InChI is InChI=1S/C15H18FNO3/c1-9(10-2-3-10)14(18)17-8-13(15(19)20)11-4-6-12(16)7-5-11/h4-7,9-10,13H,2-3,8H2,1H3,(H,17,18)(H,19,20). The number of carboxylic acids is 1. The van der Waals surface area contributed by atoms with Crippen molar-refractivity contribution in [3.63, 3.8) is 0 Å². The molecule has 2 atom stereocenters. The van der Waals surface area contributed by atoms with E-state index in [0.717, 1.165) is 12.8 Å². The molecule has 2 rings (SSSR count). The second-order valence-electron chi connectivity index (χ2n) is 5.31. The van der Waals surface area contributed by atoms with Crippen molar-refractivity contribution in [2.75, 3.05) is 6.54 Å². The van der Waals surface area contributed by atoms with Gasteiger partial charge in [-0.2, -0.15) is 0 Å². The molecule has 0 heterocycles. The Kier molecular flexibility index (Phi) is 4.37. The smallest absolute Gasteiger partial charge is 0.312 e. The number of nitrogens with one attached hydrogen (secondary N) is 1. The summed E-state index contributed by atoms with van der Waals surface area (Å²) in [4.78, 5) is 23.1. The zero-order valence-electron chi connectivity index (χ0n) is 11.3. The highest BCUT2D eigenvalue weighted by atomic mass is 19.1. The molecule has 1 fully saturated rings. The van der Waals surface area contributed by atoms with E-state index in [1.165, 1.54) is 24.3 Å². The predicted octanol–water partition coefficient (Wildman–Crippen LogP) is 2.16. The summed E-state index contributed by atoms with van der Waals surface area (Å²) < 4.78 is 12.8. The first-order valence-electron chi connectivity index (χ1n) is 6.75. The van der Waals surface area contributed by atoms with Gasteiger partial charge in [0.15, 0.2) is 0 Å². The summed E-state index contributed by atoms with van der Waals surface area (Å²) in [5.74, 6) is -2.05. The third-order valence-corrected chi connectivity index (χ3v) is 3.79. The SMILES string of the molecule is CC(C(=O)NCC(C(=O)O)c1ccc(F)cc1)C1CC1. The number of carbonyl (C=O) groups is 2. The third-order valence-electron chi connectivity index (χ3n) is 3.79. The van der Waals surface area contributed by atoms with E-state index in [1.54, 1.807) is 0 Å². The first kappa shape index (κ1) is 14.5. The Hall–Kier alpha value is -1.91. The van der Waals surface area contributed by atoms with Gasteiger partial charge in [0.1, 0.15) is 5.82 Å². The lowest BCUT2D eigenvalue weighted by molar-refractivity contribution is -0.138. The first-order valence-corrected chi connectivity index (χ1v) is 6.75. The maximum Gasteiger partial charge on any atom is 0.312 e. The van der Waals surface area contributed by atoms with Crippen molar-refractivity contribution >= 4 is 11.9 Å². The minimum Gasteiger partial charge on any atom is -0.481 e. The number of halogens is 1. The van der Waals surface area contributed by atoms with Crippen molar-refractivity contribution in [1.29, 1.82) is 0 Å². The van der Waals surface area contributed by atoms with E-state index in [4.69, 9.17) is 0 Å². The molecular weight excluding hydrogens is 261 g/mol. The third kappa shape index (κ3) is 3.56. The molecule has 20 heavy (non-hydrogen) atoms. The lowest BCUT2D eigenvalue weighted by atomic mass is 9.98. The molecular formula is C15H18FNO3. The molecule has 1 aliphatic carbocycles. The molecule has 1 aliphatic rings. The van der Waals surface area contributed by atoms with Gasteiger partial charge in [-0.15, -0.1) is 0 Å². The molecule has 2 N–H and O–H groups in total. The zero-order chi connectivity index (χ0) is 14.7. The van der Waals surface area contributed by atoms with Crippen LogP contribution in [0.4, 0.5) is 4.39 Å². The highest BCUT2D eigenvalue weighted by Crippen LogP contribution is 2.36. The molecule has 0 aromatic heterocycles. The Morgan fingerprint density at radius 2 is 1.95 bits per heavy atom. The molecule has 4 nitrogen and oxygen atoms in total. The summed E-state index contributed by atoms with van der Waals surface area (Å²) in [6.07, 6.45) is 2.13. The number of hydrogen-bond acceptors (Lipinski definition) is 2. The summed E-state index contributed by atoms with van der Waals surface area (Å²) in [5.41, 5.74) is 0.485. The van der Waals surface area contributed by atoms with Crippen LogP contribution in [0.25, 0.3) is 0 Å². The molecule has 1 saturated carbocycles. The van der Waals surface area contributed by atoms with Crippen LogP contribution in [-0.2, 0) is 9.59 Å². The van der Waals surface area contributed by atoms with Gasteiger partial charge in [0.05, 0.1) is 5.92 Å². The number of rotatable bonds is 6. The van der Waals surface area contributed by atoms with Crippen LogP contribution in [0.2, 0.25) is 0 Å². The number of carbonyl (C=O) groups excluding carboxylic acids is 1. The lowest BCUT2D eigenvalue weighted by Crippen LogP contribution is -2.35. The van der Waals surface area contributed by atoms with Gasteiger partial charge >= 0.3 is 5.97 Å². The number of hydrogen-bond donors (Lipinski definition) is 2. The molecule has 1 aromatic carbocycles. The van der Waals surface area contributed by atoms with Crippen LogP contribution < -0.4 is 5.32 Å². The summed E-state index contributed by atoms with van der Waals surface area (Å²) in [5, 5.41) is 11.9. The summed E-state index contributed by atoms with van der Waals surface area (Å²) >= 11 is 0. The van der Waals surface area contributed by atoms with Gasteiger partial charge in [-0.3, -0.25) is 9.59 Å². The minimum atomic E-state index is -1.03. The van der Waals surface area contributed by atoms with Gasteiger partial charge in [0.25, 0.3) is 0 Å². The number of amides is 1. The second-order valence-corrected chi connectivity index (χ2v) is 5.31. The Morgan fingerprint density at radius 3 is 2.45 bits per heavy atom. The normalized spacial score (nSPS) is 17.3. The minimum absolute atomic E-state index is 0.0247. The fraction of sp³-hybridized carbons (Fsp3) is 0.467. The molecule has 0 bridgehead atoms. The highest BCUT2D eigenvalue weighted by Gasteiger charge is 2.33. The lowest BCUT2D eigenvalue weighted by Gasteiger charge is -2.16. The average molecular weight is 279 g/mol. The van der Waals surface area contributed by atoms with Crippen LogP contribution in [0.5, 0.6) is 0 Å². The van der Waals surface area contributed by atoms with Gasteiger partial charge in [-0.05, 0) is 36.5 Å². The Balaban J connectivity index is 1.97. The maximum atomic E-state index is 12.8. The molecule has 0 aliphatic heterocycles. The van der Waals surface area contributed by atoms with Gasteiger partial charge in [-0.25, -0.2) is 4.39 Å². The Morgan fingerprint density at radius 1 is 1.35 bits per heavy atom.